The number of carboxylic acids is 1. The van der Waals surface area contributed by atoms with Gasteiger partial charge in [0.2, 0.25) is 5.91 Å². The first-order valence-electron chi connectivity index (χ1n) is 7.85. The zero-order valence-corrected chi connectivity index (χ0v) is 13.3. The fourth-order valence-corrected chi connectivity index (χ4v) is 3.13. The Morgan fingerprint density at radius 3 is 2.42 bits per heavy atom. The molecule has 4 nitrogen and oxygen atoms in total. The molecule has 1 amide bonds. The van der Waals surface area contributed by atoms with Gasteiger partial charge in [-0.3, -0.25) is 4.79 Å². The molecule has 2 aromatic rings. The van der Waals surface area contributed by atoms with Crippen molar-refractivity contribution in [3.8, 4) is 0 Å². The van der Waals surface area contributed by atoms with E-state index < -0.39 is 5.97 Å². The Hall–Kier alpha value is -2.69. The number of aryl methyl sites for hydroxylation is 1. The van der Waals surface area contributed by atoms with Gasteiger partial charge in [-0.1, -0.05) is 24.3 Å². The highest BCUT2D eigenvalue weighted by molar-refractivity contribution is 6.02. The van der Waals surface area contributed by atoms with E-state index in [2.05, 4.69) is 5.32 Å². The van der Waals surface area contributed by atoms with E-state index in [-0.39, 0.29) is 29.1 Å². The van der Waals surface area contributed by atoms with Crippen molar-refractivity contribution in [1.29, 1.82) is 0 Å². The Morgan fingerprint density at radius 2 is 1.79 bits per heavy atom. The van der Waals surface area contributed by atoms with E-state index in [0.29, 0.717) is 24.1 Å². The van der Waals surface area contributed by atoms with Crippen molar-refractivity contribution >= 4 is 17.6 Å². The molecule has 2 aromatic carbocycles. The second-order valence-corrected chi connectivity index (χ2v) is 6.21. The van der Waals surface area contributed by atoms with Gasteiger partial charge in [0.15, 0.2) is 0 Å². The SMILES string of the molecule is Cc1cccc(NC(=O)C2CC(c3ccc(F)cc3)C2)c1C(=O)O. The van der Waals surface area contributed by atoms with E-state index in [9.17, 15) is 19.1 Å². The molecule has 5 heteroatoms. The third-order valence-electron chi connectivity index (χ3n) is 4.59. The summed E-state index contributed by atoms with van der Waals surface area (Å²) in [4.78, 5) is 23.7. The Kier molecular flexibility index (Phi) is 4.34. The molecular weight excluding hydrogens is 309 g/mol. The second kappa shape index (κ2) is 6.43. The summed E-state index contributed by atoms with van der Waals surface area (Å²) in [5.74, 6) is -1.39. The first-order chi connectivity index (χ1) is 11.5. The summed E-state index contributed by atoms with van der Waals surface area (Å²) < 4.78 is 12.9. The van der Waals surface area contributed by atoms with Crippen LogP contribution in [0.3, 0.4) is 0 Å². The smallest absolute Gasteiger partial charge is 0.338 e. The fraction of sp³-hybridized carbons (Fsp3) is 0.263. The van der Waals surface area contributed by atoms with E-state index in [0.717, 1.165) is 5.56 Å². The van der Waals surface area contributed by atoms with Crippen LogP contribution in [0.5, 0.6) is 0 Å². The third kappa shape index (κ3) is 3.15. The molecular formula is C19H18FNO3. The van der Waals surface area contributed by atoms with Crippen LogP contribution in [-0.4, -0.2) is 17.0 Å². The zero-order valence-electron chi connectivity index (χ0n) is 13.3. The summed E-state index contributed by atoms with van der Waals surface area (Å²) in [6.45, 7) is 1.70. The lowest BCUT2D eigenvalue weighted by atomic mass is 9.71. The summed E-state index contributed by atoms with van der Waals surface area (Å²) in [7, 11) is 0. The molecule has 0 saturated heterocycles. The number of amides is 1. The molecule has 0 radical (unpaired) electrons. The van der Waals surface area contributed by atoms with Gasteiger partial charge in [0.25, 0.3) is 0 Å². The molecule has 2 N–H and O–H groups in total. The van der Waals surface area contributed by atoms with Crippen LogP contribution in [0.15, 0.2) is 42.5 Å². The lowest BCUT2D eigenvalue weighted by Crippen LogP contribution is -2.33. The zero-order chi connectivity index (χ0) is 17.3. The molecule has 1 fully saturated rings. The van der Waals surface area contributed by atoms with E-state index in [1.807, 2.05) is 0 Å². The van der Waals surface area contributed by atoms with E-state index in [4.69, 9.17) is 0 Å². The maximum atomic E-state index is 12.9. The van der Waals surface area contributed by atoms with Crippen LogP contribution < -0.4 is 5.32 Å². The van der Waals surface area contributed by atoms with Gasteiger partial charge in [0.1, 0.15) is 5.82 Å². The summed E-state index contributed by atoms with van der Waals surface area (Å²) in [5.41, 5.74) is 2.10. The van der Waals surface area contributed by atoms with Crippen LogP contribution in [0.1, 0.15) is 40.2 Å². The van der Waals surface area contributed by atoms with Gasteiger partial charge in [-0.15, -0.1) is 0 Å². The molecule has 3 rings (SSSR count). The Balaban J connectivity index is 1.65. The molecule has 0 bridgehead atoms. The van der Waals surface area contributed by atoms with Crippen LogP contribution in [0.4, 0.5) is 10.1 Å². The van der Waals surface area contributed by atoms with Crippen LogP contribution in [0.25, 0.3) is 0 Å². The fourth-order valence-electron chi connectivity index (χ4n) is 3.13. The predicted octanol–water partition coefficient (Wildman–Crippen LogP) is 3.96. The number of hydrogen-bond acceptors (Lipinski definition) is 2. The second-order valence-electron chi connectivity index (χ2n) is 6.21. The Labute approximate surface area is 139 Å². The maximum absolute atomic E-state index is 12.9. The Bertz CT molecular complexity index is 780. The third-order valence-corrected chi connectivity index (χ3v) is 4.59. The Morgan fingerprint density at radius 1 is 1.12 bits per heavy atom. The summed E-state index contributed by atoms with van der Waals surface area (Å²) in [5, 5.41) is 12.0. The van der Waals surface area contributed by atoms with Gasteiger partial charge in [-0.2, -0.15) is 0 Å². The number of carbonyl (C=O) groups excluding carboxylic acids is 1. The topological polar surface area (TPSA) is 66.4 Å². The van der Waals surface area contributed by atoms with Crippen LogP contribution in [-0.2, 0) is 4.79 Å². The quantitative estimate of drug-likeness (QED) is 0.893. The number of carbonyl (C=O) groups is 2. The number of aromatic carboxylic acids is 1. The van der Waals surface area contributed by atoms with Gasteiger partial charge < -0.3 is 10.4 Å². The molecule has 0 aliphatic heterocycles. The minimum absolute atomic E-state index is 0.125. The molecule has 0 unspecified atom stereocenters. The molecule has 0 heterocycles. The maximum Gasteiger partial charge on any atom is 0.338 e. The predicted molar refractivity (Wildman–Crippen MR) is 88.6 cm³/mol. The highest BCUT2D eigenvalue weighted by Gasteiger charge is 2.35. The van der Waals surface area contributed by atoms with Crippen LogP contribution >= 0.6 is 0 Å². The molecule has 0 aromatic heterocycles. The lowest BCUT2D eigenvalue weighted by molar-refractivity contribution is -0.122. The van der Waals surface area contributed by atoms with E-state index in [1.54, 1.807) is 37.3 Å². The first-order valence-corrected chi connectivity index (χ1v) is 7.85. The monoisotopic (exact) mass is 327 g/mol. The van der Waals surface area contributed by atoms with Crippen molar-refractivity contribution in [2.75, 3.05) is 5.32 Å². The molecule has 24 heavy (non-hydrogen) atoms. The van der Waals surface area contributed by atoms with Crippen LogP contribution in [0, 0.1) is 18.7 Å². The molecule has 1 aliphatic rings. The highest BCUT2D eigenvalue weighted by atomic mass is 19.1. The number of halogens is 1. The van der Waals surface area contributed by atoms with Crippen molar-refractivity contribution in [2.24, 2.45) is 5.92 Å². The molecule has 0 atom stereocenters. The number of nitrogens with one attached hydrogen (secondary N) is 1. The summed E-state index contributed by atoms with van der Waals surface area (Å²) >= 11 is 0. The lowest BCUT2D eigenvalue weighted by Gasteiger charge is -2.34. The molecule has 1 aliphatic carbocycles. The van der Waals surface area contributed by atoms with Crippen molar-refractivity contribution in [3.05, 3.63) is 65.0 Å². The van der Waals surface area contributed by atoms with Gasteiger partial charge >= 0.3 is 5.97 Å². The number of rotatable bonds is 4. The van der Waals surface area contributed by atoms with Gasteiger partial charge in [-0.05, 0) is 55.0 Å². The van der Waals surface area contributed by atoms with Gasteiger partial charge in [-0.25, -0.2) is 9.18 Å². The largest absolute Gasteiger partial charge is 0.478 e. The number of carboxylic acid groups (broad SMARTS) is 1. The van der Waals surface area contributed by atoms with E-state index in [1.165, 1.54) is 12.1 Å². The minimum atomic E-state index is -1.05. The van der Waals surface area contributed by atoms with Crippen molar-refractivity contribution in [2.45, 2.75) is 25.7 Å². The normalized spacial score (nSPS) is 19.4. The average molecular weight is 327 g/mol. The number of anilines is 1. The van der Waals surface area contributed by atoms with E-state index >= 15 is 0 Å². The number of hydrogen-bond donors (Lipinski definition) is 2. The standard InChI is InChI=1S/C19H18FNO3/c1-11-3-2-4-16(17(11)19(23)24)21-18(22)14-9-13(10-14)12-5-7-15(20)8-6-12/h2-8,13-14H,9-10H2,1H3,(H,21,22)(H,23,24). The number of benzene rings is 2. The molecule has 0 spiro atoms. The first kappa shape index (κ1) is 16.2. The van der Waals surface area contributed by atoms with Crippen molar-refractivity contribution < 1.29 is 19.1 Å². The molecule has 124 valence electrons. The molecule has 1 saturated carbocycles. The highest BCUT2D eigenvalue weighted by Crippen LogP contribution is 2.42. The van der Waals surface area contributed by atoms with Crippen molar-refractivity contribution in [1.82, 2.24) is 0 Å². The van der Waals surface area contributed by atoms with Crippen LogP contribution in [0.2, 0.25) is 0 Å². The minimum Gasteiger partial charge on any atom is -0.478 e. The van der Waals surface area contributed by atoms with Gasteiger partial charge in [0, 0.05) is 5.92 Å². The average Bonchev–Trinajstić information content (AvgIpc) is 2.47. The summed E-state index contributed by atoms with van der Waals surface area (Å²) in [6, 6.07) is 11.4. The summed E-state index contributed by atoms with van der Waals surface area (Å²) in [6.07, 6.45) is 1.37. The van der Waals surface area contributed by atoms with Gasteiger partial charge in [0.05, 0.1) is 11.3 Å². The van der Waals surface area contributed by atoms with Crippen molar-refractivity contribution in [3.63, 3.8) is 0 Å².